The fourth-order valence-corrected chi connectivity index (χ4v) is 6.57. The molecule has 7 heteroatoms. The van der Waals surface area contributed by atoms with E-state index in [1.54, 1.807) is 21.8 Å². The minimum atomic E-state index is -3.41. The maximum absolute atomic E-state index is 12.8. The number of hydrogen-bond donors (Lipinski definition) is 0. The Morgan fingerprint density at radius 2 is 2.05 bits per heavy atom. The van der Waals surface area contributed by atoms with Gasteiger partial charge in [0.1, 0.15) is 4.21 Å². The van der Waals surface area contributed by atoms with Gasteiger partial charge in [0.25, 0.3) is 10.0 Å². The third kappa shape index (κ3) is 2.39. The van der Waals surface area contributed by atoms with Crippen LogP contribution < -0.4 is 0 Å². The summed E-state index contributed by atoms with van der Waals surface area (Å²) >= 11 is 1.27. The number of carbonyl (C=O) groups excluding carboxylic acids is 1. The van der Waals surface area contributed by atoms with Gasteiger partial charge in [0, 0.05) is 31.6 Å². The monoisotopic (exact) mass is 340 g/mol. The van der Waals surface area contributed by atoms with E-state index in [0.29, 0.717) is 23.2 Å². The van der Waals surface area contributed by atoms with Crippen LogP contribution in [0.2, 0.25) is 0 Å². The second-order valence-electron chi connectivity index (χ2n) is 6.53. The molecule has 2 saturated heterocycles. The smallest absolute Gasteiger partial charge is 0.252 e. The lowest BCUT2D eigenvalue weighted by molar-refractivity contribution is -0.131. The quantitative estimate of drug-likeness (QED) is 0.843. The topological polar surface area (TPSA) is 57.7 Å². The van der Waals surface area contributed by atoms with Crippen LogP contribution in [0.15, 0.2) is 21.7 Å². The molecular weight excluding hydrogens is 320 g/mol. The predicted molar refractivity (Wildman–Crippen MR) is 84.0 cm³/mol. The third-order valence-corrected chi connectivity index (χ3v) is 8.32. The normalized spacial score (nSPS) is 29.5. The Balaban J connectivity index is 1.58. The molecule has 1 aromatic heterocycles. The molecule has 0 N–H and O–H groups in total. The zero-order valence-electron chi connectivity index (χ0n) is 12.3. The van der Waals surface area contributed by atoms with Crippen molar-refractivity contribution in [1.29, 1.82) is 0 Å². The summed E-state index contributed by atoms with van der Waals surface area (Å²) < 4.78 is 27.8. The largest absolute Gasteiger partial charge is 0.340 e. The highest BCUT2D eigenvalue weighted by Gasteiger charge is 2.47. The molecule has 2 atom stereocenters. The van der Waals surface area contributed by atoms with Gasteiger partial charge in [0.15, 0.2) is 0 Å². The number of piperidine rings is 1. The standard InChI is InChI=1S/C15H20N2O3S2/c18-15(11-5-6-11)16-9-12-3-1-7-17(13(12)10-16)22(19,20)14-4-2-8-21-14/h2,4,8,11-13H,1,3,5-7,9-10H2/t12-,13+/m1/s1. The second-order valence-corrected chi connectivity index (χ2v) is 9.60. The van der Waals surface area contributed by atoms with Crippen LogP contribution in [0.3, 0.4) is 0 Å². The van der Waals surface area contributed by atoms with Crippen LogP contribution in [0, 0.1) is 11.8 Å². The van der Waals surface area contributed by atoms with Gasteiger partial charge in [-0.3, -0.25) is 4.79 Å². The van der Waals surface area contributed by atoms with E-state index in [2.05, 4.69) is 0 Å². The number of sulfonamides is 1. The van der Waals surface area contributed by atoms with E-state index in [1.165, 1.54) is 11.3 Å². The zero-order valence-corrected chi connectivity index (χ0v) is 14.0. The van der Waals surface area contributed by atoms with Gasteiger partial charge in [0.05, 0.1) is 0 Å². The summed E-state index contributed by atoms with van der Waals surface area (Å²) in [6.45, 7) is 1.88. The lowest BCUT2D eigenvalue weighted by Gasteiger charge is -2.35. The molecule has 3 aliphatic rings. The second kappa shape index (κ2) is 5.32. The fraction of sp³-hybridized carbons (Fsp3) is 0.667. The summed E-state index contributed by atoms with van der Waals surface area (Å²) in [7, 11) is -3.41. The minimum Gasteiger partial charge on any atom is -0.340 e. The first-order valence-electron chi connectivity index (χ1n) is 7.91. The van der Waals surface area contributed by atoms with Crippen molar-refractivity contribution in [2.75, 3.05) is 19.6 Å². The lowest BCUT2D eigenvalue weighted by Crippen LogP contribution is -2.48. The van der Waals surface area contributed by atoms with Gasteiger partial charge in [-0.15, -0.1) is 11.3 Å². The number of thiophene rings is 1. The van der Waals surface area contributed by atoms with Crippen LogP contribution in [0.4, 0.5) is 0 Å². The Morgan fingerprint density at radius 1 is 1.23 bits per heavy atom. The van der Waals surface area contributed by atoms with Crippen LogP contribution in [0.25, 0.3) is 0 Å². The molecule has 0 aromatic carbocycles. The Labute approximate surface area is 135 Å². The van der Waals surface area contributed by atoms with Gasteiger partial charge in [-0.25, -0.2) is 8.42 Å². The summed E-state index contributed by atoms with van der Waals surface area (Å²) in [5, 5.41) is 1.80. The molecule has 0 spiro atoms. The first-order chi connectivity index (χ1) is 10.6. The van der Waals surface area contributed by atoms with Gasteiger partial charge in [-0.1, -0.05) is 6.07 Å². The fourth-order valence-electron chi connectivity index (χ4n) is 3.73. The number of carbonyl (C=O) groups is 1. The lowest BCUT2D eigenvalue weighted by atomic mass is 9.94. The van der Waals surface area contributed by atoms with Gasteiger partial charge in [0.2, 0.25) is 5.91 Å². The van der Waals surface area contributed by atoms with E-state index in [9.17, 15) is 13.2 Å². The molecule has 0 unspecified atom stereocenters. The van der Waals surface area contributed by atoms with Crippen LogP contribution in [-0.4, -0.2) is 49.2 Å². The van der Waals surface area contributed by atoms with E-state index in [0.717, 1.165) is 32.2 Å². The van der Waals surface area contributed by atoms with Crippen molar-refractivity contribution in [3.8, 4) is 0 Å². The Bertz CT molecular complexity index is 667. The average Bonchev–Trinajstić information content (AvgIpc) is 3.03. The maximum atomic E-state index is 12.8. The summed E-state index contributed by atoms with van der Waals surface area (Å²) in [6, 6.07) is 3.41. The van der Waals surface area contributed by atoms with Gasteiger partial charge in [-0.2, -0.15) is 4.31 Å². The first kappa shape index (κ1) is 14.7. The molecule has 0 bridgehead atoms. The van der Waals surface area contributed by atoms with Gasteiger partial charge in [-0.05, 0) is 43.0 Å². The van der Waals surface area contributed by atoms with Gasteiger partial charge < -0.3 is 4.90 Å². The predicted octanol–water partition coefficient (Wildman–Crippen LogP) is 1.77. The summed E-state index contributed by atoms with van der Waals surface area (Å²) in [5.74, 6) is 0.747. The molecule has 4 rings (SSSR count). The molecule has 0 radical (unpaired) electrons. The van der Waals surface area contributed by atoms with Gasteiger partial charge >= 0.3 is 0 Å². The molecule has 1 aliphatic carbocycles. The van der Waals surface area contributed by atoms with Crippen molar-refractivity contribution in [3.05, 3.63) is 17.5 Å². The Hall–Kier alpha value is -0.920. The summed E-state index contributed by atoms with van der Waals surface area (Å²) in [5.41, 5.74) is 0. The number of fused-ring (bicyclic) bond motifs is 1. The summed E-state index contributed by atoms with van der Waals surface area (Å²) in [6.07, 6.45) is 3.91. The highest BCUT2D eigenvalue weighted by Crippen LogP contribution is 2.38. The van der Waals surface area contributed by atoms with Crippen molar-refractivity contribution in [3.63, 3.8) is 0 Å². The van der Waals surface area contributed by atoms with Crippen LogP contribution in [-0.2, 0) is 14.8 Å². The Morgan fingerprint density at radius 3 is 2.73 bits per heavy atom. The first-order valence-corrected chi connectivity index (χ1v) is 10.2. The number of rotatable bonds is 3. The molecule has 1 amide bonds. The van der Waals surface area contributed by atoms with E-state index in [1.807, 2.05) is 4.90 Å². The highest BCUT2D eigenvalue weighted by molar-refractivity contribution is 7.91. The molecule has 3 heterocycles. The molecule has 1 aromatic rings. The van der Waals surface area contributed by atoms with E-state index in [-0.39, 0.29) is 17.9 Å². The van der Waals surface area contributed by atoms with Crippen LogP contribution >= 0.6 is 11.3 Å². The van der Waals surface area contributed by atoms with Crippen molar-refractivity contribution >= 4 is 27.3 Å². The number of hydrogen-bond acceptors (Lipinski definition) is 4. The van der Waals surface area contributed by atoms with E-state index >= 15 is 0 Å². The molecule has 22 heavy (non-hydrogen) atoms. The maximum Gasteiger partial charge on any atom is 0.252 e. The van der Waals surface area contributed by atoms with Crippen LogP contribution in [0.1, 0.15) is 25.7 Å². The molecule has 5 nitrogen and oxygen atoms in total. The van der Waals surface area contributed by atoms with Crippen LogP contribution in [0.5, 0.6) is 0 Å². The minimum absolute atomic E-state index is 0.0384. The van der Waals surface area contributed by atoms with Crippen molar-refractivity contribution < 1.29 is 13.2 Å². The van der Waals surface area contributed by atoms with Crippen molar-refractivity contribution in [2.45, 2.75) is 35.9 Å². The Kier molecular flexibility index (Phi) is 3.54. The van der Waals surface area contributed by atoms with Crippen molar-refractivity contribution in [2.24, 2.45) is 11.8 Å². The third-order valence-electron chi connectivity index (χ3n) is 5.03. The summed E-state index contributed by atoms with van der Waals surface area (Å²) in [4.78, 5) is 14.2. The molecule has 120 valence electrons. The van der Waals surface area contributed by atoms with Crippen molar-refractivity contribution in [1.82, 2.24) is 9.21 Å². The number of nitrogens with zero attached hydrogens (tertiary/aromatic N) is 2. The highest BCUT2D eigenvalue weighted by atomic mass is 32.2. The molecule has 1 saturated carbocycles. The zero-order chi connectivity index (χ0) is 15.3. The average molecular weight is 340 g/mol. The molecule has 3 fully saturated rings. The number of likely N-dealkylation sites (tertiary alicyclic amines) is 1. The number of amides is 1. The van der Waals surface area contributed by atoms with E-state index in [4.69, 9.17) is 0 Å². The SMILES string of the molecule is O=C(C1CC1)N1C[C@H]2CCCN(S(=O)(=O)c3cccs3)[C@H]2C1. The van der Waals surface area contributed by atoms with E-state index < -0.39 is 10.0 Å². The molecule has 2 aliphatic heterocycles. The molecular formula is C15H20N2O3S2.